The van der Waals surface area contributed by atoms with E-state index in [2.05, 4.69) is 10.6 Å². The maximum atomic E-state index is 13.9. The van der Waals surface area contributed by atoms with Gasteiger partial charge in [0.2, 0.25) is 5.91 Å². The van der Waals surface area contributed by atoms with Crippen LogP contribution in [0.2, 0.25) is 0 Å². The average Bonchev–Trinajstić information content (AvgIpc) is 3.17. The van der Waals surface area contributed by atoms with Gasteiger partial charge in [-0.2, -0.15) is 0 Å². The Morgan fingerprint density at radius 1 is 0.914 bits per heavy atom. The number of hydrogen-bond acceptors (Lipinski definition) is 4. The van der Waals surface area contributed by atoms with Crippen LogP contribution in [0.25, 0.3) is 11.1 Å². The zero-order chi connectivity index (χ0) is 24.9. The van der Waals surface area contributed by atoms with E-state index in [0.717, 1.165) is 34.4 Å². The van der Waals surface area contributed by atoms with Gasteiger partial charge in [-0.15, -0.1) is 0 Å². The minimum Gasteiger partial charge on any atom is -0.481 e. The average molecular weight is 480 g/mol. The largest absolute Gasteiger partial charge is 0.481 e. The fourth-order valence-corrected chi connectivity index (χ4v) is 4.14. The summed E-state index contributed by atoms with van der Waals surface area (Å²) in [5, 5.41) is 13.5. The number of fused-ring (bicyclic) bond motifs is 3. The Labute approximate surface area is 199 Å². The highest BCUT2D eigenvalue weighted by atomic mass is 19.2. The number of benzene rings is 3. The Balaban J connectivity index is 1.44. The zero-order valence-corrected chi connectivity index (χ0v) is 18.5. The summed E-state index contributed by atoms with van der Waals surface area (Å²) in [5.41, 5.74) is 3.68. The Morgan fingerprint density at radius 2 is 1.54 bits per heavy atom. The van der Waals surface area contributed by atoms with Crippen molar-refractivity contribution in [2.75, 3.05) is 11.9 Å². The summed E-state index contributed by atoms with van der Waals surface area (Å²) >= 11 is 0. The van der Waals surface area contributed by atoms with Crippen LogP contribution in [0.1, 0.15) is 29.9 Å². The predicted molar refractivity (Wildman–Crippen MR) is 124 cm³/mol. The number of ether oxygens (including phenoxy) is 1. The van der Waals surface area contributed by atoms with Gasteiger partial charge in [-0.3, -0.25) is 9.59 Å². The molecule has 0 spiro atoms. The lowest BCUT2D eigenvalue weighted by Gasteiger charge is -2.19. The molecular formula is C26H22F2N2O5. The zero-order valence-electron chi connectivity index (χ0n) is 18.5. The van der Waals surface area contributed by atoms with Crippen LogP contribution in [0.4, 0.5) is 19.3 Å². The second kappa shape index (κ2) is 10.3. The second-order valence-corrected chi connectivity index (χ2v) is 8.05. The lowest BCUT2D eigenvalue weighted by atomic mass is 9.98. The fraction of sp³-hybridized carbons (Fsp3) is 0.192. The number of carbonyl (C=O) groups excluding carboxylic acids is 2. The van der Waals surface area contributed by atoms with Crippen molar-refractivity contribution < 1.29 is 33.0 Å². The number of carboxylic acid groups (broad SMARTS) is 1. The van der Waals surface area contributed by atoms with Crippen molar-refractivity contribution in [1.29, 1.82) is 0 Å². The van der Waals surface area contributed by atoms with Gasteiger partial charge >= 0.3 is 12.1 Å². The maximum Gasteiger partial charge on any atom is 0.407 e. The normalized spacial score (nSPS) is 12.9. The molecule has 3 aromatic carbocycles. The first-order chi connectivity index (χ1) is 16.8. The molecular weight excluding hydrogens is 458 g/mol. The van der Waals surface area contributed by atoms with E-state index in [1.807, 2.05) is 48.5 Å². The summed E-state index contributed by atoms with van der Waals surface area (Å²) in [4.78, 5) is 36.2. The molecule has 180 valence electrons. The summed E-state index contributed by atoms with van der Waals surface area (Å²) < 4.78 is 32.8. The standard InChI is InChI=1S/C26H22F2N2O5/c27-20-10-5-11-21(24(20)28)29-25(33)22(12-13-23(31)32)30-26(34)35-14-19-17-8-3-1-6-15(17)16-7-2-4-9-18(16)19/h1-11,19,22H,12-14H2,(H,29,33)(H,30,34)(H,31,32). The molecule has 3 N–H and O–H groups in total. The van der Waals surface area contributed by atoms with Crippen LogP contribution in [0.5, 0.6) is 0 Å². The lowest BCUT2D eigenvalue weighted by molar-refractivity contribution is -0.137. The van der Waals surface area contributed by atoms with Gasteiger partial charge in [-0.1, -0.05) is 54.6 Å². The molecule has 0 fully saturated rings. The maximum absolute atomic E-state index is 13.9. The second-order valence-electron chi connectivity index (χ2n) is 8.05. The van der Waals surface area contributed by atoms with Crippen molar-refractivity contribution in [2.24, 2.45) is 0 Å². The van der Waals surface area contributed by atoms with E-state index < -0.39 is 47.8 Å². The highest BCUT2D eigenvalue weighted by Gasteiger charge is 2.30. The molecule has 1 atom stereocenters. The lowest BCUT2D eigenvalue weighted by Crippen LogP contribution is -2.44. The molecule has 2 amide bonds. The molecule has 3 aromatic rings. The Morgan fingerprint density at radius 3 is 2.17 bits per heavy atom. The van der Waals surface area contributed by atoms with Crippen LogP contribution in [-0.2, 0) is 14.3 Å². The first-order valence-corrected chi connectivity index (χ1v) is 10.9. The number of carbonyl (C=O) groups is 3. The summed E-state index contributed by atoms with van der Waals surface area (Å²) in [6, 6.07) is 17.5. The third-order valence-corrected chi connectivity index (χ3v) is 5.81. The third kappa shape index (κ3) is 5.29. The number of hydrogen-bond donors (Lipinski definition) is 3. The van der Waals surface area contributed by atoms with E-state index in [1.54, 1.807) is 0 Å². The molecule has 1 aliphatic rings. The van der Waals surface area contributed by atoms with E-state index in [4.69, 9.17) is 9.84 Å². The van der Waals surface area contributed by atoms with Gasteiger partial charge in [0.25, 0.3) is 0 Å². The molecule has 0 radical (unpaired) electrons. The van der Waals surface area contributed by atoms with E-state index in [-0.39, 0.29) is 18.9 Å². The number of halogens is 2. The molecule has 0 saturated heterocycles. The molecule has 0 heterocycles. The third-order valence-electron chi connectivity index (χ3n) is 5.81. The smallest absolute Gasteiger partial charge is 0.407 e. The number of amides is 2. The van der Waals surface area contributed by atoms with Gasteiger partial charge < -0.3 is 20.5 Å². The molecule has 7 nitrogen and oxygen atoms in total. The number of aliphatic carboxylic acids is 1. The number of carboxylic acids is 1. The molecule has 1 unspecified atom stereocenters. The Hall–Kier alpha value is -4.27. The van der Waals surface area contributed by atoms with Crippen molar-refractivity contribution in [3.63, 3.8) is 0 Å². The van der Waals surface area contributed by atoms with Crippen LogP contribution in [0.3, 0.4) is 0 Å². The van der Waals surface area contributed by atoms with E-state index in [9.17, 15) is 23.2 Å². The molecule has 0 bridgehead atoms. The van der Waals surface area contributed by atoms with Gasteiger partial charge in [-0.05, 0) is 40.8 Å². The monoisotopic (exact) mass is 480 g/mol. The topological polar surface area (TPSA) is 105 Å². The summed E-state index contributed by atoms with van der Waals surface area (Å²) in [6.07, 6.45) is -1.65. The van der Waals surface area contributed by atoms with E-state index >= 15 is 0 Å². The van der Waals surface area contributed by atoms with E-state index in [0.29, 0.717) is 0 Å². The van der Waals surface area contributed by atoms with Crippen LogP contribution < -0.4 is 10.6 Å². The number of anilines is 1. The van der Waals surface area contributed by atoms with Gasteiger partial charge in [0.15, 0.2) is 11.6 Å². The number of rotatable bonds is 8. The summed E-state index contributed by atoms with van der Waals surface area (Å²) in [5.74, 6) is -4.72. The highest BCUT2D eigenvalue weighted by Crippen LogP contribution is 2.44. The van der Waals surface area contributed by atoms with Crippen LogP contribution >= 0.6 is 0 Å². The molecule has 0 aromatic heterocycles. The Kier molecular flexibility index (Phi) is 7.05. The van der Waals surface area contributed by atoms with Crippen LogP contribution in [0.15, 0.2) is 66.7 Å². The van der Waals surface area contributed by atoms with Gasteiger partial charge in [0.1, 0.15) is 12.6 Å². The highest BCUT2D eigenvalue weighted by molar-refractivity contribution is 5.96. The minimum absolute atomic E-state index is 0.00828. The van der Waals surface area contributed by atoms with Crippen LogP contribution in [-0.4, -0.2) is 35.7 Å². The molecule has 9 heteroatoms. The van der Waals surface area contributed by atoms with Crippen molar-refractivity contribution in [1.82, 2.24) is 5.32 Å². The predicted octanol–water partition coefficient (Wildman–Crippen LogP) is 4.68. The van der Waals surface area contributed by atoms with Crippen molar-refractivity contribution in [3.8, 4) is 11.1 Å². The SMILES string of the molecule is O=C(O)CCC(NC(=O)OCC1c2ccccc2-c2ccccc21)C(=O)Nc1cccc(F)c1F. The molecule has 4 rings (SSSR count). The minimum atomic E-state index is -1.34. The van der Waals surface area contributed by atoms with Crippen molar-refractivity contribution in [3.05, 3.63) is 89.5 Å². The van der Waals surface area contributed by atoms with Gasteiger partial charge in [-0.25, -0.2) is 13.6 Å². The summed E-state index contributed by atoms with van der Waals surface area (Å²) in [6.45, 7) is -0.00828. The molecule has 35 heavy (non-hydrogen) atoms. The van der Waals surface area contributed by atoms with Gasteiger partial charge in [0, 0.05) is 12.3 Å². The number of nitrogens with one attached hydrogen (secondary N) is 2. The first-order valence-electron chi connectivity index (χ1n) is 10.9. The van der Waals surface area contributed by atoms with E-state index in [1.165, 1.54) is 6.07 Å². The van der Waals surface area contributed by atoms with Gasteiger partial charge in [0.05, 0.1) is 5.69 Å². The van der Waals surface area contributed by atoms with Crippen molar-refractivity contribution >= 4 is 23.7 Å². The molecule has 0 aliphatic heterocycles. The molecule has 0 saturated carbocycles. The first kappa shape index (κ1) is 23.9. The Bertz CT molecular complexity index is 1230. The number of alkyl carbamates (subject to hydrolysis) is 1. The van der Waals surface area contributed by atoms with Crippen LogP contribution in [0, 0.1) is 11.6 Å². The fourth-order valence-electron chi connectivity index (χ4n) is 4.14. The quantitative estimate of drug-likeness (QED) is 0.435. The summed E-state index contributed by atoms with van der Waals surface area (Å²) in [7, 11) is 0. The van der Waals surface area contributed by atoms with Crippen molar-refractivity contribution in [2.45, 2.75) is 24.8 Å². The molecule has 1 aliphatic carbocycles.